The maximum atomic E-state index is 12.4. The molecule has 2 rings (SSSR count). The molecule has 0 heterocycles. The van der Waals surface area contributed by atoms with Crippen LogP contribution < -0.4 is 5.32 Å². The van der Waals surface area contributed by atoms with E-state index >= 15 is 0 Å². The third-order valence-electron chi connectivity index (χ3n) is 3.73. The monoisotopic (exact) mass is 360 g/mol. The number of nitrogens with zero attached hydrogens (tertiary/aromatic N) is 1. The minimum Gasteiger partial charge on any atom is -0.322 e. The van der Waals surface area contributed by atoms with Gasteiger partial charge >= 0.3 is 0 Å². The second-order valence-electron chi connectivity index (χ2n) is 6.56. The highest BCUT2D eigenvalue weighted by Crippen LogP contribution is 2.19. The van der Waals surface area contributed by atoms with Gasteiger partial charge in [0.2, 0.25) is 10.0 Å². The van der Waals surface area contributed by atoms with Gasteiger partial charge in [-0.15, -0.1) is 0 Å². The standard InChI is InChI=1S/C19H24N2O3S/c1-14(2)12-15-8-10-16(11-9-15)19(22)20-17-6-5-7-18(13-17)25(23,24)21(3)4/h5-11,13-14H,12H2,1-4H3,(H,20,22). The molecule has 5 nitrogen and oxygen atoms in total. The number of anilines is 1. The molecule has 0 atom stereocenters. The maximum Gasteiger partial charge on any atom is 0.255 e. The van der Waals surface area contributed by atoms with Crippen LogP contribution in [-0.4, -0.2) is 32.7 Å². The van der Waals surface area contributed by atoms with Gasteiger partial charge in [0.25, 0.3) is 5.91 Å². The molecule has 0 radical (unpaired) electrons. The third-order valence-corrected chi connectivity index (χ3v) is 5.54. The minimum absolute atomic E-state index is 0.141. The molecule has 2 aromatic carbocycles. The van der Waals surface area contributed by atoms with Gasteiger partial charge in [-0.2, -0.15) is 0 Å². The zero-order valence-electron chi connectivity index (χ0n) is 15.0. The number of hydrogen-bond donors (Lipinski definition) is 1. The molecule has 2 aromatic rings. The zero-order chi connectivity index (χ0) is 18.6. The van der Waals surface area contributed by atoms with Gasteiger partial charge in [-0.05, 0) is 48.2 Å². The van der Waals surface area contributed by atoms with E-state index in [4.69, 9.17) is 0 Å². The predicted octanol–water partition coefficient (Wildman–Crippen LogP) is 3.39. The molecule has 0 spiro atoms. The lowest BCUT2D eigenvalue weighted by Gasteiger charge is -2.13. The van der Waals surface area contributed by atoms with Crippen molar-refractivity contribution in [3.63, 3.8) is 0 Å². The number of carbonyl (C=O) groups excluding carboxylic acids is 1. The average molecular weight is 360 g/mol. The molecular formula is C19H24N2O3S. The largest absolute Gasteiger partial charge is 0.322 e. The Morgan fingerprint density at radius 1 is 1.08 bits per heavy atom. The lowest BCUT2D eigenvalue weighted by Crippen LogP contribution is -2.22. The fourth-order valence-corrected chi connectivity index (χ4v) is 3.36. The Hall–Kier alpha value is -2.18. The van der Waals surface area contributed by atoms with Gasteiger partial charge in [0, 0.05) is 25.3 Å². The molecule has 0 aliphatic carbocycles. The highest BCUT2D eigenvalue weighted by atomic mass is 32.2. The van der Waals surface area contributed by atoms with Gasteiger partial charge in [0.15, 0.2) is 0 Å². The van der Waals surface area contributed by atoms with Crippen LogP contribution in [0.4, 0.5) is 5.69 Å². The number of sulfonamides is 1. The minimum atomic E-state index is -3.53. The summed E-state index contributed by atoms with van der Waals surface area (Å²) in [6.07, 6.45) is 0.965. The Morgan fingerprint density at radius 3 is 2.28 bits per heavy atom. The number of hydrogen-bond acceptors (Lipinski definition) is 3. The summed E-state index contributed by atoms with van der Waals surface area (Å²) in [6.45, 7) is 4.30. The summed E-state index contributed by atoms with van der Waals surface area (Å²) < 4.78 is 25.5. The van der Waals surface area contributed by atoms with Gasteiger partial charge in [0.05, 0.1) is 4.90 Å². The Labute approximate surface area is 149 Å². The van der Waals surface area contributed by atoms with Crippen LogP contribution in [0.2, 0.25) is 0 Å². The summed E-state index contributed by atoms with van der Waals surface area (Å²) in [4.78, 5) is 12.5. The fraction of sp³-hybridized carbons (Fsp3) is 0.316. The van der Waals surface area contributed by atoms with Crippen molar-refractivity contribution < 1.29 is 13.2 Å². The summed E-state index contributed by atoms with van der Waals surface area (Å²) in [5.41, 5.74) is 2.16. The lowest BCUT2D eigenvalue weighted by atomic mass is 10.0. The molecule has 1 amide bonds. The van der Waals surface area contributed by atoms with Crippen LogP contribution in [0.25, 0.3) is 0 Å². The summed E-state index contributed by atoms with van der Waals surface area (Å²) in [6, 6.07) is 13.7. The zero-order valence-corrected chi connectivity index (χ0v) is 15.8. The molecule has 0 aliphatic rings. The van der Waals surface area contributed by atoms with Crippen molar-refractivity contribution in [2.75, 3.05) is 19.4 Å². The van der Waals surface area contributed by atoms with Crippen LogP contribution in [0.15, 0.2) is 53.4 Å². The van der Waals surface area contributed by atoms with E-state index in [1.54, 1.807) is 24.3 Å². The van der Waals surface area contributed by atoms with E-state index < -0.39 is 10.0 Å². The summed E-state index contributed by atoms with van der Waals surface area (Å²) in [5, 5.41) is 2.75. The van der Waals surface area contributed by atoms with Crippen LogP contribution in [0.5, 0.6) is 0 Å². The van der Waals surface area contributed by atoms with E-state index in [9.17, 15) is 13.2 Å². The molecule has 0 saturated heterocycles. The molecule has 0 aliphatic heterocycles. The Bertz CT molecular complexity index is 841. The van der Waals surface area contributed by atoms with Gasteiger partial charge in [-0.25, -0.2) is 12.7 Å². The normalized spacial score (nSPS) is 11.8. The summed E-state index contributed by atoms with van der Waals surface area (Å²) >= 11 is 0. The van der Waals surface area contributed by atoms with E-state index in [-0.39, 0.29) is 10.8 Å². The first-order valence-electron chi connectivity index (χ1n) is 8.13. The molecule has 0 unspecified atom stereocenters. The SMILES string of the molecule is CC(C)Cc1ccc(C(=O)Nc2cccc(S(=O)(=O)N(C)C)c2)cc1. The van der Waals surface area contributed by atoms with Gasteiger partial charge in [-0.3, -0.25) is 4.79 Å². The fourth-order valence-electron chi connectivity index (χ4n) is 2.41. The van der Waals surface area contributed by atoms with Gasteiger partial charge in [0.1, 0.15) is 0 Å². The first kappa shape index (κ1) is 19.1. The first-order chi connectivity index (χ1) is 11.7. The maximum absolute atomic E-state index is 12.4. The molecular weight excluding hydrogens is 336 g/mol. The predicted molar refractivity (Wildman–Crippen MR) is 100 cm³/mol. The Kier molecular flexibility index (Phi) is 5.98. The Morgan fingerprint density at radius 2 is 1.72 bits per heavy atom. The van der Waals surface area contributed by atoms with E-state index in [1.165, 1.54) is 31.8 Å². The third kappa shape index (κ3) is 4.90. The molecule has 0 fully saturated rings. The van der Waals surface area contributed by atoms with Crippen molar-refractivity contribution in [1.29, 1.82) is 0 Å². The van der Waals surface area contributed by atoms with Crippen molar-refractivity contribution in [1.82, 2.24) is 4.31 Å². The number of benzene rings is 2. The van der Waals surface area contributed by atoms with Crippen LogP contribution in [0.1, 0.15) is 29.8 Å². The second-order valence-corrected chi connectivity index (χ2v) is 8.72. The Balaban J connectivity index is 2.16. The summed E-state index contributed by atoms with van der Waals surface area (Å²) in [5.74, 6) is 0.288. The number of nitrogens with one attached hydrogen (secondary N) is 1. The summed E-state index contributed by atoms with van der Waals surface area (Å²) in [7, 11) is -0.592. The van der Waals surface area contributed by atoms with Gasteiger partial charge in [-0.1, -0.05) is 32.0 Å². The van der Waals surface area contributed by atoms with Crippen LogP contribution in [0.3, 0.4) is 0 Å². The lowest BCUT2D eigenvalue weighted by molar-refractivity contribution is 0.102. The molecule has 134 valence electrons. The van der Waals surface area contributed by atoms with E-state index in [0.717, 1.165) is 10.7 Å². The number of rotatable bonds is 6. The molecule has 0 aromatic heterocycles. The quantitative estimate of drug-likeness (QED) is 0.859. The average Bonchev–Trinajstić information content (AvgIpc) is 2.55. The van der Waals surface area contributed by atoms with Crippen molar-refractivity contribution in [3.8, 4) is 0 Å². The van der Waals surface area contributed by atoms with E-state index in [0.29, 0.717) is 17.2 Å². The van der Waals surface area contributed by atoms with Crippen molar-refractivity contribution >= 4 is 21.6 Å². The van der Waals surface area contributed by atoms with E-state index in [1.807, 2.05) is 12.1 Å². The van der Waals surface area contributed by atoms with Crippen LogP contribution in [0, 0.1) is 5.92 Å². The molecule has 6 heteroatoms. The van der Waals surface area contributed by atoms with Crippen molar-refractivity contribution in [2.45, 2.75) is 25.2 Å². The topological polar surface area (TPSA) is 66.5 Å². The van der Waals surface area contributed by atoms with E-state index in [2.05, 4.69) is 19.2 Å². The highest BCUT2D eigenvalue weighted by Gasteiger charge is 2.17. The number of carbonyl (C=O) groups is 1. The second kappa shape index (κ2) is 7.80. The van der Waals surface area contributed by atoms with Crippen LogP contribution >= 0.6 is 0 Å². The number of amides is 1. The highest BCUT2D eigenvalue weighted by molar-refractivity contribution is 7.89. The van der Waals surface area contributed by atoms with Gasteiger partial charge < -0.3 is 5.32 Å². The smallest absolute Gasteiger partial charge is 0.255 e. The molecule has 0 saturated carbocycles. The molecule has 25 heavy (non-hydrogen) atoms. The van der Waals surface area contributed by atoms with Crippen LogP contribution in [-0.2, 0) is 16.4 Å². The van der Waals surface area contributed by atoms with Crippen molar-refractivity contribution in [3.05, 3.63) is 59.7 Å². The molecule has 0 bridgehead atoms. The van der Waals surface area contributed by atoms with Crippen molar-refractivity contribution in [2.24, 2.45) is 5.92 Å². The molecule has 1 N–H and O–H groups in total. The first-order valence-corrected chi connectivity index (χ1v) is 9.57.